The highest BCUT2D eigenvalue weighted by Crippen LogP contribution is 2.30. The molecule has 0 spiro atoms. The molecule has 22 heavy (non-hydrogen) atoms. The number of hydrogen-bond donors (Lipinski definition) is 2. The van der Waals surface area contributed by atoms with Crippen LogP contribution in [0.2, 0.25) is 5.02 Å². The monoisotopic (exact) mass is 319 g/mol. The Morgan fingerprint density at radius 1 is 1.14 bits per heavy atom. The molecule has 0 aliphatic rings. The minimum absolute atomic E-state index is 0.00121. The Balaban J connectivity index is 2.52. The van der Waals surface area contributed by atoms with Crippen LogP contribution in [0.3, 0.4) is 0 Å². The Kier molecular flexibility index (Phi) is 3.07. The minimum atomic E-state index is -1.40. The van der Waals surface area contributed by atoms with Gasteiger partial charge in [-0.15, -0.1) is 0 Å². The number of fused-ring (bicyclic) bond motifs is 3. The average Bonchev–Trinajstić information content (AvgIpc) is 2.45. The number of carboxylic acid groups (broad SMARTS) is 2. The molecule has 3 rings (SSSR count). The highest BCUT2D eigenvalue weighted by Gasteiger charge is 2.17. The number of aromatic nitrogens is 1. The number of pyridine rings is 1. The summed E-state index contributed by atoms with van der Waals surface area (Å²) in [6, 6.07) is 4.78. The van der Waals surface area contributed by atoms with E-state index >= 15 is 0 Å². The molecule has 7 nitrogen and oxygen atoms in total. The Morgan fingerprint density at radius 3 is 2.50 bits per heavy atom. The summed E-state index contributed by atoms with van der Waals surface area (Å²) in [5.41, 5.74) is -0.674. The van der Waals surface area contributed by atoms with Crippen LogP contribution in [-0.4, -0.2) is 27.1 Å². The van der Waals surface area contributed by atoms with Gasteiger partial charge in [0.15, 0.2) is 5.43 Å². The molecule has 2 heterocycles. The predicted octanol–water partition coefficient (Wildman–Crippen LogP) is 2.39. The van der Waals surface area contributed by atoms with Crippen molar-refractivity contribution in [3.05, 3.63) is 51.0 Å². The topological polar surface area (TPSA) is 118 Å². The first-order chi connectivity index (χ1) is 10.4. The van der Waals surface area contributed by atoms with Gasteiger partial charge in [-0.05, 0) is 18.2 Å². The highest BCUT2D eigenvalue weighted by atomic mass is 35.5. The number of hydrogen-bond acceptors (Lipinski definition) is 5. The molecule has 0 aliphatic heterocycles. The second-order valence-electron chi connectivity index (χ2n) is 4.41. The number of carbonyl (C=O) groups is 2. The van der Waals surface area contributed by atoms with Crippen LogP contribution in [0.25, 0.3) is 21.9 Å². The summed E-state index contributed by atoms with van der Waals surface area (Å²) in [5, 5.41) is 18.3. The van der Waals surface area contributed by atoms with Crippen molar-refractivity contribution in [1.82, 2.24) is 4.98 Å². The number of benzene rings is 1. The van der Waals surface area contributed by atoms with Crippen LogP contribution in [0.1, 0.15) is 21.0 Å². The van der Waals surface area contributed by atoms with Gasteiger partial charge in [0.1, 0.15) is 11.3 Å². The maximum Gasteiger partial charge on any atom is 0.371 e. The molecule has 110 valence electrons. The lowest BCUT2D eigenvalue weighted by molar-refractivity contribution is 0.0660. The SMILES string of the molecule is O=C(O)c1cc(Cl)c2c(ccc3c(=O)cc(C(=O)O)oc32)n1. The lowest BCUT2D eigenvalue weighted by Gasteiger charge is -2.06. The first kappa shape index (κ1) is 14.0. The smallest absolute Gasteiger partial charge is 0.371 e. The lowest BCUT2D eigenvalue weighted by atomic mass is 10.1. The average molecular weight is 320 g/mol. The second-order valence-corrected chi connectivity index (χ2v) is 4.82. The summed E-state index contributed by atoms with van der Waals surface area (Å²) in [6.07, 6.45) is 0. The Bertz CT molecular complexity index is 1020. The summed E-state index contributed by atoms with van der Waals surface area (Å²) in [7, 11) is 0. The lowest BCUT2D eigenvalue weighted by Crippen LogP contribution is -2.07. The standard InChI is InChI=1S/C14H6ClNO6/c15-6-3-8(13(18)19)16-7-2-1-5-9(17)4-10(14(20)21)22-12(5)11(6)7/h1-4H,(H,18,19)(H,20,21). The zero-order valence-electron chi connectivity index (χ0n) is 10.7. The van der Waals surface area contributed by atoms with Gasteiger partial charge in [0.2, 0.25) is 5.76 Å². The van der Waals surface area contributed by atoms with Crippen molar-refractivity contribution in [1.29, 1.82) is 0 Å². The fourth-order valence-electron chi connectivity index (χ4n) is 2.10. The summed E-state index contributed by atoms with van der Waals surface area (Å²) in [4.78, 5) is 37.8. The predicted molar refractivity (Wildman–Crippen MR) is 76.7 cm³/mol. The summed E-state index contributed by atoms with van der Waals surface area (Å²) >= 11 is 6.06. The molecule has 0 radical (unpaired) electrons. The normalized spacial score (nSPS) is 11.0. The van der Waals surface area contributed by atoms with Gasteiger partial charge in [-0.2, -0.15) is 0 Å². The molecule has 0 amide bonds. The molecule has 0 saturated carbocycles. The largest absolute Gasteiger partial charge is 0.477 e. The van der Waals surface area contributed by atoms with Crippen molar-refractivity contribution in [2.45, 2.75) is 0 Å². The molecule has 2 N–H and O–H groups in total. The van der Waals surface area contributed by atoms with Crippen molar-refractivity contribution in [3.8, 4) is 0 Å². The van der Waals surface area contributed by atoms with Gasteiger partial charge in [0, 0.05) is 6.07 Å². The third-order valence-corrected chi connectivity index (χ3v) is 3.35. The van der Waals surface area contributed by atoms with Crippen molar-refractivity contribution in [3.63, 3.8) is 0 Å². The highest BCUT2D eigenvalue weighted by molar-refractivity contribution is 6.37. The molecule has 0 saturated heterocycles. The molecular weight excluding hydrogens is 314 g/mol. The number of nitrogens with zero attached hydrogens (tertiary/aromatic N) is 1. The molecule has 0 atom stereocenters. The van der Waals surface area contributed by atoms with E-state index in [1.54, 1.807) is 0 Å². The fourth-order valence-corrected chi connectivity index (χ4v) is 2.39. The van der Waals surface area contributed by atoms with Crippen molar-refractivity contribution < 1.29 is 24.2 Å². The van der Waals surface area contributed by atoms with Gasteiger partial charge in [-0.25, -0.2) is 14.6 Å². The molecule has 0 bridgehead atoms. The first-order valence-corrected chi connectivity index (χ1v) is 6.30. The van der Waals surface area contributed by atoms with E-state index in [9.17, 15) is 14.4 Å². The van der Waals surface area contributed by atoms with Gasteiger partial charge < -0.3 is 14.6 Å². The summed E-state index contributed by atoms with van der Waals surface area (Å²) in [5.74, 6) is -3.20. The van der Waals surface area contributed by atoms with Crippen LogP contribution in [0.15, 0.2) is 33.5 Å². The third-order valence-electron chi connectivity index (χ3n) is 3.05. The number of rotatable bonds is 2. The molecule has 0 fully saturated rings. The van der Waals surface area contributed by atoms with Crippen molar-refractivity contribution >= 4 is 45.4 Å². The number of halogens is 1. The summed E-state index contributed by atoms with van der Waals surface area (Å²) in [6.45, 7) is 0. The van der Waals surface area contributed by atoms with E-state index in [1.165, 1.54) is 12.1 Å². The summed E-state index contributed by atoms with van der Waals surface area (Å²) < 4.78 is 5.23. The molecule has 1 aromatic carbocycles. The van der Waals surface area contributed by atoms with Crippen LogP contribution in [0.4, 0.5) is 0 Å². The van der Waals surface area contributed by atoms with Crippen LogP contribution >= 0.6 is 11.6 Å². The zero-order valence-corrected chi connectivity index (χ0v) is 11.4. The van der Waals surface area contributed by atoms with Gasteiger partial charge in [0.05, 0.1) is 21.3 Å². The Morgan fingerprint density at radius 2 is 1.86 bits per heavy atom. The fraction of sp³-hybridized carbons (Fsp3) is 0. The molecule has 0 unspecified atom stereocenters. The minimum Gasteiger partial charge on any atom is -0.477 e. The Labute approximate surface area is 126 Å². The molecule has 8 heteroatoms. The number of aromatic carboxylic acids is 2. The molecule has 0 aliphatic carbocycles. The van der Waals surface area contributed by atoms with E-state index < -0.39 is 23.1 Å². The molecule has 3 aromatic rings. The molecule has 2 aromatic heterocycles. The third kappa shape index (κ3) is 2.08. The van der Waals surface area contributed by atoms with Crippen molar-refractivity contribution in [2.24, 2.45) is 0 Å². The van der Waals surface area contributed by atoms with Crippen LogP contribution < -0.4 is 5.43 Å². The van der Waals surface area contributed by atoms with Crippen LogP contribution in [0.5, 0.6) is 0 Å². The van der Waals surface area contributed by atoms with E-state index in [4.69, 9.17) is 26.2 Å². The molecular formula is C14H6ClNO6. The quantitative estimate of drug-likeness (QED) is 0.696. The first-order valence-electron chi connectivity index (χ1n) is 5.92. The van der Waals surface area contributed by atoms with E-state index in [-0.39, 0.29) is 32.6 Å². The second kappa shape index (κ2) is 4.81. The van der Waals surface area contributed by atoms with E-state index in [0.717, 1.165) is 12.1 Å². The van der Waals surface area contributed by atoms with Gasteiger partial charge in [-0.3, -0.25) is 4.79 Å². The van der Waals surface area contributed by atoms with E-state index in [0.29, 0.717) is 0 Å². The van der Waals surface area contributed by atoms with Gasteiger partial charge in [-0.1, -0.05) is 11.6 Å². The zero-order chi connectivity index (χ0) is 16.0. The van der Waals surface area contributed by atoms with E-state index in [1.807, 2.05) is 0 Å². The Hall–Kier alpha value is -2.93. The van der Waals surface area contributed by atoms with Gasteiger partial charge >= 0.3 is 11.9 Å². The van der Waals surface area contributed by atoms with Crippen molar-refractivity contribution in [2.75, 3.05) is 0 Å². The van der Waals surface area contributed by atoms with Crippen LogP contribution in [0, 0.1) is 0 Å². The van der Waals surface area contributed by atoms with E-state index in [2.05, 4.69) is 4.98 Å². The van der Waals surface area contributed by atoms with Crippen LogP contribution in [-0.2, 0) is 0 Å². The maximum atomic E-state index is 12.0. The maximum absolute atomic E-state index is 12.0. The number of carboxylic acids is 2. The van der Waals surface area contributed by atoms with Gasteiger partial charge in [0.25, 0.3) is 0 Å².